The summed E-state index contributed by atoms with van der Waals surface area (Å²) >= 11 is 0. The van der Waals surface area contributed by atoms with Gasteiger partial charge in [-0.05, 0) is 0 Å². The van der Waals surface area contributed by atoms with Gasteiger partial charge in [0.05, 0.1) is 31.8 Å². The third kappa shape index (κ3) is 1.97. The lowest BCUT2D eigenvalue weighted by Crippen LogP contribution is -2.43. The van der Waals surface area contributed by atoms with E-state index in [0.29, 0.717) is 0 Å². The first-order valence-corrected chi connectivity index (χ1v) is 3.18. The van der Waals surface area contributed by atoms with Crippen molar-refractivity contribution in [3.63, 3.8) is 0 Å². The molecule has 0 aromatic heterocycles. The summed E-state index contributed by atoms with van der Waals surface area (Å²) < 4.78 is 0. The molecule has 5 heteroatoms. The van der Waals surface area contributed by atoms with E-state index in [1.807, 2.05) is 0 Å². The molecule has 66 valence electrons. The molecule has 0 aliphatic carbocycles. The molecule has 0 fully saturated rings. The van der Waals surface area contributed by atoms with Crippen molar-refractivity contribution in [2.24, 2.45) is 5.41 Å². The van der Waals surface area contributed by atoms with E-state index in [1.54, 1.807) is 0 Å². The zero-order chi connectivity index (χ0) is 8.91. The summed E-state index contributed by atoms with van der Waals surface area (Å²) in [7, 11) is 0. The van der Waals surface area contributed by atoms with Gasteiger partial charge in [0.15, 0.2) is 0 Å². The van der Waals surface area contributed by atoms with Gasteiger partial charge in [-0.15, -0.1) is 0 Å². The highest BCUT2D eigenvalue weighted by Crippen LogP contribution is 2.15. The molecule has 0 heterocycles. The molecule has 0 saturated carbocycles. The SMILES string of the molecule is N=C(CO)C(CO)(CO)CO. The fourth-order valence-electron chi connectivity index (χ4n) is 0.604. The zero-order valence-electron chi connectivity index (χ0n) is 6.12. The second kappa shape index (κ2) is 4.40. The molecule has 0 aliphatic rings. The lowest BCUT2D eigenvalue weighted by atomic mass is 9.86. The number of nitrogens with one attached hydrogen (secondary N) is 1. The summed E-state index contributed by atoms with van der Waals surface area (Å²) in [5, 5.41) is 41.7. The number of hydrogen-bond acceptors (Lipinski definition) is 5. The van der Waals surface area contributed by atoms with Crippen molar-refractivity contribution in [2.45, 2.75) is 0 Å². The van der Waals surface area contributed by atoms with Crippen molar-refractivity contribution in [3.8, 4) is 0 Å². The molecule has 0 aromatic rings. The number of rotatable bonds is 5. The van der Waals surface area contributed by atoms with Crippen molar-refractivity contribution in [1.29, 1.82) is 5.41 Å². The van der Waals surface area contributed by atoms with Crippen molar-refractivity contribution < 1.29 is 20.4 Å². The summed E-state index contributed by atoms with van der Waals surface area (Å²) in [6.07, 6.45) is 0. The lowest BCUT2D eigenvalue weighted by Gasteiger charge is -2.26. The zero-order valence-corrected chi connectivity index (χ0v) is 6.12. The van der Waals surface area contributed by atoms with E-state index in [4.69, 9.17) is 25.8 Å². The second-order valence-electron chi connectivity index (χ2n) is 2.39. The van der Waals surface area contributed by atoms with Gasteiger partial charge in [-0.1, -0.05) is 0 Å². The van der Waals surface area contributed by atoms with Crippen LogP contribution in [-0.2, 0) is 0 Å². The first-order valence-electron chi connectivity index (χ1n) is 3.18. The topological polar surface area (TPSA) is 105 Å². The van der Waals surface area contributed by atoms with E-state index >= 15 is 0 Å². The summed E-state index contributed by atoms with van der Waals surface area (Å²) in [4.78, 5) is 0. The molecule has 11 heavy (non-hydrogen) atoms. The first kappa shape index (κ1) is 10.5. The van der Waals surface area contributed by atoms with Crippen LogP contribution < -0.4 is 0 Å². The van der Waals surface area contributed by atoms with Gasteiger partial charge >= 0.3 is 0 Å². The standard InChI is InChI=1S/C6H13NO4/c7-5(1-8)6(2-9,3-10)4-11/h7-11H,1-4H2. The second-order valence-corrected chi connectivity index (χ2v) is 2.39. The molecule has 0 amide bonds. The quantitative estimate of drug-likeness (QED) is 0.301. The van der Waals surface area contributed by atoms with Gasteiger partial charge < -0.3 is 25.8 Å². The summed E-state index contributed by atoms with van der Waals surface area (Å²) in [5.74, 6) is 0. The van der Waals surface area contributed by atoms with Crippen molar-refractivity contribution in [2.75, 3.05) is 26.4 Å². The molecule has 5 nitrogen and oxygen atoms in total. The van der Waals surface area contributed by atoms with Gasteiger partial charge in [-0.3, -0.25) is 0 Å². The van der Waals surface area contributed by atoms with E-state index in [1.165, 1.54) is 0 Å². The summed E-state index contributed by atoms with van der Waals surface area (Å²) in [5.41, 5.74) is -1.63. The Morgan fingerprint density at radius 2 is 1.36 bits per heavy atom. The van der Waals surface area contributed by atoms with Crippen LogP contribution >= 0.6 is 0 Å². The maximum atomic E-state index is 8.71. The van der Waals surface area contributed by atoms with Crippen LogP contribution in [0.5, 0.6) is 0 Å². The maximum absolute atomic E-state index is 8.71. The number of aliphatic hydroxyl groups is 4. The van der Waals surface area contributed by atoms with Crippen LogP contribution in [0.1, 0.15) is 0 Å². The minimum Gasteiger partial charge on any atom is -0.395 e. The van der Waals surface area contributed by atoms with Crippen LogP contribution in [-0.4, -0.2) is 52.6 Å². The Balaban J connectivity index is 4.39. The van der Waals surface area contributed by atoms with E-state index in [2.05, 4.69) is 0 Å². The first-order chi connectivity index (χ1) is 5.16. The van der Waals surface area contributed by atoms with Gasteiger partial charge in [0.1, 0.15) is 0 Å². The fraction of sp³-hybridized carbons (Fsp3) is 0.833. The number of aliphatic hydroxyl groups excluding tert-OH is 4. The van der Waals surface area contributed by atoms with Crippen molar-refractivity contribution in [3.05, 3.63) is 0 Å². The van der Waals surface area contributed by atoms with Gasteiger partial charge in [0, 0.05) is 5.71 Å². The predicted octanol–water partition coefficient (Wildman–Crippen LogP) is -2.04. The molecule has 0 atom stereocenters. The molecule has 0 radical (unpaired) electrons. The minimum absolute atomic E-state index is 0.259. The van der Waals surface area contributed by atoms with Gasteiger partial charge in [0.25, 0.3) is 0 Å². The van der Waals surface area contributed by atoms with Crippen LogP contribution in [0.3, 0.4) is 0 Å². The Labute approximate surface area is 64.4 Å². The molecule has 0 spiro atoms. The normalized spacial score (nSPS) is 11.6. The third-order valence-corrected chi connectivity index (χ3v) is 1.71. The van der Waals surface area contributed by atoms with Crippen molar-refractivity contribution >= 4 is 5.71 Å². The monoisotopic (exact) mass is 163 g/mol. The average Bonchev–Trinajstić information content (AvgIpc) is 2.08. The fourth-order valence-corrected chi connectivity index (χ4v) is 0.604. The van der Waals surface area contributed by atoms with Gasteiger partial charge in [0.2, 0.25) is 0 Å². The Bertz CT molecular complexity index is 124. The highest BCUT2D eigenvalue weighted by molar-refractivity contribution is 5.88. The van der Waals surface area contributed by atoms with E-state index < -0.39 is 31.8 Å². The third-order valence-electron chi connectivity index (χ3n) is 1.71. The number of hydrogen-bond donors (Lipinski definition) is 5. The largest absolute Gasteiger partial charge is 0.395 e. The van der Waals surface area contributed by atoms with E-state index in [-0.39, 0.29) is 5.71 Å². The van der Waals surface area contributed by atoms with Gasteiger partial charge in [-0.25, -0.2) is 0 Å². The van der Waals surface area contributed by atoms with E-state index in [9.17, 15) is 0 Å². The highest BCUT2D eigenvalue weighted by Gasteiger charge is 2.32. The molecule has 0 rings (SSSR count). The Kier molecular flexibility index (Phi) is 4.20. The lowest BCUT2D eigenvalue weighted by molar-refractivity contribution is 0.0518. The van der Waals surface area contributed by atoms with Crippen LogP contribution in [0, 0.1) is 10.8 Å². The Hall–Kier alpha value is -0.490. The minimum atomic E-state index is -1.37. The maximum Gasteiger partial charge on any atom is 0.0815 e. The Morgan fingerprint density at radius 3 is 1.45 bits per heavy atom. The average molecular weight is 163 g/mol. The molecule has 0 unspecified atom stereocenters. The van der Waals surface area contributed by atoms with E-state index in [0.717, 1.165) is 0 Å². The molecule has 0 saturated heterocycles. The molecule has 0 aliphatic heterocycles. The molecule has 0 aromatic carbocycles. The van der Waals surface area contributed by atoms with Crippen LogP contribution in [0.2, 0.25) is 0 Å². The highest BCUT2D eigenvalue weighted by atomic mass is 16.3. The smallest absolute Gasteiger partial charge is 0.0815 e. The van der Waals surface area contributed by atoms with Crippen molar-refractivity contribution in [1.82, 2.24) is 0 Å². The Morgan fingerprint density at radius 1 is 1.00 bits per heavy atom. The molecular formula is C6H13NO4. The molecule has 0 bridgehead atoms. The van der Waals surface area contributed by atoms with Crippen LogP contribution in [0.15, 0.2) is 0 Å². The summed E-state index contributed by atoms with van der Waals surface area (Å²) in [6, 6.07) is 0. The predicted molar refractivity (Wildman–Crippen MR) is 38.5 cm³/mol. The van der Waals surface area contributed by atoms with Crippen LogP contribution in [0.25, 0.3) is 0 Å². The van der Waals surface area contributed by atoms with Crippen LogP contribution in [0.4, 0.5) is 0 Å². The summed E-state index contributed by atoms with van der Waals surface area (Å²) in [6.45, 7) is -2.19. The molecule has 5 N–H and O–H groups in total. The van der Waals surface area contributed by atoms with Gasteiger partial charge in [-0.2, -0.15) is 0 Å². The molecular weight excluding hydrogens is 150 g/mol.